The van der Waals surface area contributed by atoms with Crippen molar-refractivity contribution in [2.45, 2.75) is 0 Å². The Hall–Kier alpha value is -1.71. The summed E-state index contributed by atoms with van der Waals surface area (Å²) >= 11 is 0. The molecule has 54 valence electrons. The highest BCUT2D eigenvalue weighted by Gasteiger charge is 1.94. The Bertz CT molecular complexity index is 390. The minimum Gasteiger partial charge on any atom is -0.213 e. The molecular formula is C7H6N4. The van der Waals surface area contributed by atoms with Crippen LogP contribution in [-0.4, -0.2) is 19.8 Å². The second kappa shape index (κ2) is 2.16. The van der Waals surface area contributed by atoms with E-state index >= 15 is 0 Å². The van der Waals surface area contributed by atoms with Crippen LogP contribution in [0.1, 0.15) is 5.69 Å². The predicted molar refractivity (Wildman–Crippen MR) is 40.9 cm³/mol. The maximum Gasteiger partial charge on any atom is 0.176 e. The third-order valence-corrected chi connectivity index (χ3v) is 1.38. The van der Waals surface area contributed by atoms with Gasteiger partial charge in [-0.05, 0) is 18.2 Å². The van der Waals surface area contributed by atoms with Gasteiger partial charge in [0.05, 0.1) is 5.69 Å². The number of nitrogens with zero attached hydrogens (tertiary/aromatic N) is 4. The molecule has 0 aliphatic rings. The Kier molecular flexibility index (Phi) is 1.18. The summed E-state index contributed by atoms with van der Waals surface area (Å²) in [5.74, 6) is 0. The third kappa shape index (κ3) is 0.881. The number of hydrogen-bond acceptors (Lipinski definition) is 3. The zero-order chi connectivity index (χ0) is 7.68. The Morgan fingerprint density at radius 2 is 2.36 bits per heavy atom. The van der Waals surface area contributed by atoms with Gasteiger partial charge in [0, 0.05) is 0 Å². The number of aromatic nitrogens is 4. The smallest absolute Gasteiger partial charge is 0.176 e. The van der Waals surface area contributed by atoms with E-state index in [0.717, 1.165) is 11.3 Å². The molecule has 2 rings (SSSR count). The normalized spacial score (nSPS) is 10.2. The first-order chi connectivity index (χ1) is 5.40. The molecule has 11 heavy (non-hydrogen) atoms. The molecule has 2 aromatic rings. The molecule has 0 unspecified atom stereocenters. The van der Waals surface area contributed by atoms with Crippen LogP contribution in [0, 0.1) is 0 Å². The van der Waals surface area contributed by atoms with E-state index in [-0.39, 0.29) is 0 Å². The van der Waals surface area contributed by atoms with Crippen molar-refractivity contribution >= 4 is 11.7 Å². The molecule has 0 amide bonds. The monoisotopic (exact) mass is 146 g/mol. The van der Waals surface area contributed by atoms with Crippen molar-refractivity contribution in [1.82, 2.24) is 19.8 Å². The molecule has 4 nitrogen and oxygen atoms in total. The molecule has 0 N–H and O–H groups in total. The molecule has 2 heterocycles. The molecule has 0 atom stereocenters. The highest BCUT2D eigenvalue weighted by atomic mass is 15.4. The van der Waals surface area contributed by atoms with Crippen LogP contribution in [0.3, 0.4) is 0 Å². The fourth-order valence-corrected chi connectivity index (χ4v) is 0.843. The molecular weight excluding hydrogens is 140 g/mol. The van der Waals surface area contributed by atoms with Crippen LogP contribution in [0.2, 0.25) is 0 Å². The van der Waals surface area contributed by atoms with Crippen LogP contribution in [0.4, 0.5) is 0 Å². The quantitative estimate of drug-likeness (QED) is 0.596. The summed E-state index contributed by atoms with van der Waals surface area (Å²) < 4.78 is 1.47. The average molecular weight is 146 g/mol. The zero-order valence-corrected chi connectivity index (χ0v) is 5.81. The van der Waals surface area contributed by atoms with E-state index in [2.05, 4.69) is 21.8 Å². The number of hydrogen-bond donors (Lipinski definition) is 0. The molecule has 0 saturated carbocycles. The first-order valence-corrected chi connectivity index (χ1v) is 3.19. The van der Waals surface area contributed by atoms with Crippen LogP contribution in [-0.2, 0) is 0 Å². The SMILES string of the molecule is C=Cc1ccc2ncnn2n1. The maximum atomic E-state index is 4.08. The molecule has 0 saturated heterocycles. The lowest BCUT2D eigenvalue weighted by molar-refractivity contribution is 0.794. The van der Waals surface area contributed by atoms with Crippen molar-refractivity contribution in [3.8, 4) is 0 Å². The zero-order valence-electron chi connectivity index (χ0n) is 5.81. The van der Waals surface area contributed by atoms with Gasteiger partial charge in [-0.1, -0.05) is 6.58 Å². The molecule has 4 heteroatoms. The highest BCUT2D eigenvalue weighted by molar-refractivity contribution is 5.44. The first kappa shape index (κ1) is 6.03. The van der Waals surface area contributed by atoms with Gasteiger partial charge in [0.25, 0.3) is 0 Å². The van der Waals surface area contributed by atoms with E-state index in [4.69, 9.17) is 0 Å². The summed E-state index contributed by atoms with van der Waals surface area (Å²) in [5, 5.41) is 7.95. The second-order valence-electron chi connectivity index (χ2n) is 2.07. The third-order valence-electron chi connectivity index (χ3n) is 1.38. The number of rotatable bonds is 1. The summed E-state index contributed by atoms with van der Waals surface area (Å²) in [6, 6.07) is 3.69. The fraction of sp³-hybridized carbons (Fsp3) is 0. The lowest BCUT2D eigenvalue weighted by Crippen LogP contribution is -1.94. The first-order valence-electron chi connectivity index (χ1n) is 3.19. The lowest BCUT2D eigenvalue weighted by Gasteiger charge is -1.91. The summed E-state index contributed by atoms with van der Waals surface area (Å²) in [6.07, 6.45) is 3.14. The van der Waals surface area contributed by atoms with Gasteiger partial charge in [0.2, 0.25) is 0 Å². The van der Waals surface area contributed by atoms with E-state index in [9.17, 15) is 0 Å². The van der Waals surface area contributed by atoms with E-state index in [1.807, 2.05) is 12.1 Å². The van der Waals surface area contributed by atoms with E-state index in [0.29, 0.717) is 0 Å². The van der Waals surface area contributed by atoms with E-state index in [1.54, 1.807) is 6.08 Å². The highest BCUT2D eigenvalue weighted by Crippen LogP contribution is 1.98. The van der Waals surface area contributed by atoms with Gasteiger partial charge in [-0.25, -0.2) is 4.98 Å². The minimum absolute atomic E-state index is 0.746. The van der Waals surface area contributed by atoms with Crippen molar-refractivity contribution in [3.05, 3.63) is 30.7 Å². The van der Waals surface area contributed by atoms with E-state index in [1.165, 1.54) is 11.0 Å². The van der Waals surface area contributed by atoms with Gasteiger partial charge in [-0.3, -0.25) is 0 Å². The molecule has 0 bridgehead atoms. The minimum atomic E-state index is 0.746. The van der Waals surface area contributed by atoms with Crippen molar-refractivity contribution in [3.63, 3.8) is 0 Å². The van der Waals surface area contributed by atoms with Crippen LogP contribution >= 0.6 is 0 Å². The molecule has 0 aromatic carbocycles. The lowest BCUT2D eigenvalue weighted by atomic mass is 10.4. The van der Waals surface area contributed by atoms with Crippen LogP contribution in [0.5, 0.6) is 0 Å². The second-order valence-corrected chi connectivity index (χ2v) is 2.07. The van der Waals surface area contributed by atoms with Crippen molar-refractivity contribution in [1.29, 1.82) is 0 Å². The summed E-state index contributed by atoms with van der Waals surface area (Å²) in [4.78, 5) is 3.95. The molecule has 2 aromatic heterocycles. The fourth-order valence-electron chi connectivity index (χ4n) is 0.843. The topological polar surface area (TPSA) is 43.1 Å². The summed E-state index contributed by atoms with van der Waals surface area (Å²) in [6.45, 7) is 3.60. The Balaban J connectivity index is 2.76. The van der Waals surface area contributed by atoms with Crippen LogP contribution < -0.4 is 0 Å². The van der Waals surface area contributed by atoms with Crippen LogP contribution in [0.25, 0.3) is 11.7 Å². The summed E-state index contributed by atoms with van der Waals surface area (Å²) in [5.41, 5.74) is 1.54. The van der Waals surface area contributed by atoms with Gasteiger partial charge < -0.3 is 0 Å². The number of fused-ring (bicyclic) bond motifs is 1. The molecule has 0 radical (unpaired) electrons. The summed E-state index contributed by atoms with van der Waals surface area (Å²) in [7, 11) is 0. The molecule has 0 fully saturated rings. The Morgan fingerprint density at radius 3 is 3.18 bits per heavy atom. The van der Waals surface area contributed by atoms with Gasteiger partial charge in [-0.15, -0.1) is 14.8 Å². The Labute approximate surface area is 63.2 Å². The molecule has 0 aliphatic carbocycles. The predicted octanol–water partition coefficient (Wildman–Crippen LogP) is 0.767. The maximum absolute atomic E-state index is 4.08. The average Bonchev–Trinajstić information content (AvgIpc) is 2.50. The standard InChI is InChI=1S/C7H6N4/c1-2-6-3-4-7-8-5-9-11(7)10-6/h2-5H,1H2. The van der Waals surface area contributed by atoms with Crippen LogP contribution in [0.15, 0.2) is 25.0 Å². The Morgan fingerprint density at radius 1 is 1.45 bits per heavy atom. The van der Waals surface area contributed by atoms with Gasteiger partial charge in [-0.2, -0.15) is 0 Å². The van der Waals surface area contributed by atoms with Gasteiger partial charge in [0.1, 0.15) is 6.33 Å². The largest absolute Gasteiger partial charge is 0.213 e. The van der Waals surface area contributed by atoms with Gasteiger partial charge >= 0.3 is 0 Å². The molecule has 0 aliphatic heterocycles. The van der Waals surface area contributed by atoms with Gasteiger partial charge in [0.15, 0.2) is 5.65 Å². The van der Waals surface area contributed by atoms with E-state index < -0.39 is 0 Å². The van der Waals surface area contributed by atoms with Crippen molar-refractivity contribution < 1.29 is 0 Å². The molecule has 0 spiro atoms. The van der Waals surface area contributed by atoms with Crippen molar-refractivity contribution in [2.75, 3.05) is 0 Å². The van der Waals surface area contributed by atoms with Crippen molar-refractivity contribution in [2.24, 2.45) is 0 Å².